The maximum Gasteiger partial charge on any atom is 0.340 e. The van der Waals surface area contributed by atoms with Crippen LogP contribution in [0.1, 0.15) is 55.3 Å². The molecule has 0 fully saturated rings. The van der Waals surface area contributed by atoms with Crippen molar-refractivity contribution in [2.45, 2.75) is 13.8 Å². The summed E-state index contributed by atoms with van der Waals surface area (Å²) in [6.07, 6.45) is 0. The fourth-order valence-electron chi connectivity index (χ4n) is 4.15. The summed E-state index contributed by atoms with van der Waals surface area (Å²) in [4.78, 5) is 103. The Balaban J connectivity index is 1.82. The molecule has 0 saturated carbocycles. The molecule has 0 aliphatic carbocycles. The highest BCUT2D eigenvalue weighted by Crippen LogP contribution is 2.24. The lowest BCUT2D eigenvalue weighted by molar-refractivity contribution is -0.116. The quantitative estimate of drug-likeness (QED) is 0.0765. The number of rotatable bonds is 13. The second-order valence-corrected chi connectivity index (χ2v) is 10.1. The van der Waals surface area contributed by atoms with Crippen LogP contribution < -0.4 is 16.1 Å². The number of aliphatic imine (C=N–C) groups is 1. The Labute approximate surface area is 290 Å². The molecule has 2 amide bonds. The van der Waals surface area contributed by atoms with Crippen molar-refractivity contribution in [2.75, 3.05) is 44.5 Å². The zero-order valence-electron chi connectivity index (χ0n) is 28.1. The van der Waals surface area contributed by atoms with Gasteiger partial charge in [0.1, 0.15) is 0 Å². The minimum atomic E-state index is -0.943. The van der Waals surface area contributed by atoms with E-state index in [1.54, 1.807) is 0 Å². The van der Waals surface area contributed by atoms with Gasteiger partial charge in [0.25, 0.3) is 11.8 Å². The summed E-state index contributed by atoms with van der Waals surface area (Å²) in [6, 6.07) is 13.0. The molecule has 51 heavy (non-hydrogen) atoms. The summed E-state index contributed by atoms with van der Waals surface area (Å²) < 4.78 is 18.8. The molecule has 0 spiro atoms. The van der Waals surface area contributed by atoms with Crippen LogP contribution >= 0.6 is 0 Å². The van der Waals surface area contributed by atoms with E-state index in [9.17, 15) is 38.4 Å². The normalized spacial score (nSPS) is 11.0. The topological polar surface area (TPSA) is 234 Å². The summed E-state index contributed by atoms with van der Waals surface area (Å²) in [5, 5.41) is 8.82. The van der Waals surface area contributed by atoms with Gasteiger partial charge in [0.2, 0.25) is 0 Å². The van der Waals surface area contributed by atoms with Gasteiger partial charge >= 0.3 is 23.9 Å². The van der Waals surface area contributed by atoms with Crippen molar-refractivity contribution >= 4 is 81.4 Å². The Kier molecular flexibility index (Phi) is 13.1. The Morgan fingerprint density at radius 2 is 0.980 bits per heavy atom. The first-order chi connectivity index (χ1) is 24.2. The molecule has 0 aromatic heterocycles. The number of ketones is 2. The van der Waals surface area contributed by atoms with Gasteiger partial charge in [0.05, 0.1) is 62.1 Å². The SMILES string of the molecule is COC(=O)c1ccc(C(=O)OC)c(N/N=C(/C(C)=O)C(=O)Nc2ccc(NC(=O)C(=Nc3ccc(C(=O)OC)cc3C(=O)OC)C(C)=O)cc2)c1. The van der Waals surface area contributed by atoms with Crippen LogP contribution in [-0.4, -0.2) is 87.1 Å². The van der Waals surface area contributed by atoms with Crippen LogP contribution in [0.5, 0.6) is 0 Å². The van der Waals surface area contributed by atoms with Crippen molar-refractivity contribution < 1.29 is 57.3 Å². The zero-order chi connectivity index (χ0) is 37.8. The number of anilines is 3. The smallest absolute Gasteiger partial charge is 0.340 e. The van der Waals surface area contributed by atoms with Crippen molar-refractivity contribution in [3.8, 4) is 0 Å². The number of methoxy groups -OCH3 is 4. The highest BCUT2D eigenvalue weighted by atomic mass is 16.5. The molecule has 3 aromatic rings. The Hall–Kier alpha value is -7.04. The zero-order valence-corrected chi connectivity index (χ0v) is 28.1. The largest absolute Gasteiger partial charge is 0.465 e. The molecular weight excluding hydrogens is 670 g/mol. The third kappa shape index (κ3) is 9.75. The van der Waals surface area contributed by atoms with Crippen molar-refractivity contribution in [1.82, 2.24) is 0 Å². The third-order valence-electron chi connectivity index (χ3n) is 6.69. The molecule has 3 rings (SSSR count). The van der Waals surface area contributed by atoms with Crippen molar-refractivity contribution in [1.29, 1.82) is 0 Å². The van der Waals surface area contributed by atoms with Crippen LogP contribution in [0.15, 0.2) is 70.8 Å². The molecule has 0 unspecified atom stereocenters. The van der Waals surface area contributed by atoms with E-state index in [0.717, 1.165) is 48.4 Å². The molecule has 0 atom stereocenters. The lowest BCUT2D eigenvalue weighted by Gasteiger charge is -2.11. The van der Waals surface area contributed by atoms with Crippen molar-refractivity contribution in [3.63, 3.8) is 0 Å². The van der Waals surface area contributed by atoms with Gasteiger partial charge in [-0.15, -0.1) is 0 Å². The van der Waals surface area contributed by atoms with Gasteiger partial charge in [-0.25, -0.2) is 24.2 Å². The number of hydrogen-bond donors (Lipinski definition) is 3. The Morgan fingerprint density at radius 3 is 1.47 bits per heavy atom. The van der Waals surface area contributed by atoms with E-state index in [1.165, 1.54) is 54.6 Å². The molecular formula is C34H31N5O12. The first kappa shape index (κ1) is 38.4. The predicted octanol–water partition coefficient (Wildman–Crippen LogP) is 3.13. The Bertz CT molecular complexity index is 1980. The van der Waals surface area contributed by atoms with E-state index in [1.807, 2.05) is 0 Å². The standard InChI is InChI=1S/C34H31N5O12/c1-17(40)27(37-25-14-8-19(31(44)48-3)15-24(25)34(47)51-6)29(42)35-21-9-11-22(12-10-21)36-30(43)28(18(2)41)39-38-26-16-20(32(45)49-4)7-13-23(26)33(46)50-5/h7-16,38H,1-6H3,(H,35,42)(H,36,43)/b37-27?,39-28-. The molecule has 0 bridgehead atoms. The molecule has 264 valence electrons. The van der Waals surface area contributed by atoms with Crippen LogP contribution in [-0.2, 0) is 38.1 Å². The summed E-state index contributed by atoms with van der Waals surface area (Å²) >= 11 is 0. The average Bonchev–Trinajstić information content (AvgIpc) is 3.12. The summed E-state index contributed by atoms with van der Waals surface area (Å²) in [5.74, 6) is -6.50. The molecule has 0 heterocycles. The van der Waals surface area contributed by atoms with E-state index < -0.39 is 58.7 Å². The number of ether oxygens (including phenoxy) is 4. The lowest BCUT2D eigenvalue weighted by Crippen LogP contribution is -2.30. The molecule has 0 saturated heterocycles. The first-order valence-corrected chi connectivity index (χ1v) is 14.5. The minimum Gasteiger partial charge on any atom is -0.465 e. The molecule has 3 N–H and O–H groups in total. The van der Waals surface area contributed by atoms with E-state index >= 15 is 0 Å². The summed E-state index contributed by atoms with van der Waals surface area (Å²) in [6.45, 7) is 2.17. The van der Waals surface area contributed by atoms with Crippen LogP contribution in [0.2, 0.25) is 0 Å². The number of hydrogen-bond acceptors (Lipinski definition) is 15. The molecule has 0 radical (unpaired) electrons. The summed E-state index contributed by atoms with van der Waals surface area (Å²) in [7, 11) is 4.56. The third-order valence-corrected chi connectivity index (χ3v) is 6.69. The second-order valence-electron chi connectivity index (χ2n) is 10.1. The number of nitrogens with zero attached hydrogens (tertiary/aromatic N) is 2. The van der Waals surface area contributed by atoms with Gasteiger partial charge in [0.15, 0.2) is 23.0 Å². The monoisotopic (exact) mass is 701 g/mol. The maximum absolute atomic E-state index is 13.1. The van der Waals surface area contributed by atoms with E-state index in [4.69, 9.17) is 9.47 Å². The number of Topliss-reactive ketones (excluding diaryl/α,β-unsaturated/α-hetero) is 2. The van der Waals surface area contributed by atoms with Crippen LogP contribution in [0.3, 0.4) is 0 Å². The van der Waals surface area contributed by atoms with Crippen LogP contribution in [0.25, 0.3) is 0 Å². The minimum absolute atomic E-state index is 0.00828. The fraction of sp³-hybridized carbons (Fsp3) is 0.176. The number of hydrazone groups is 1. The average molecular weight is 702 g/mol. The Morgan fingerprint density at radius 1 is 0.529 bits per heavy atom. The van der Waals surface area contributed by atoms with Gasteiger partial charge < -0.3 is 29.6 Å². The highest BCUT2D eigenvalue weighted by molar-refractivity contribution is 6.68. The number of carbonyl (C=O) groups excluding carboxylic acids is 8. The highest BCUT2D eigenvalue weighted by Gasteiger charge is 2.23. The number of amides is 2. The van der Waals surface area contributed by atoms with Gasteiger partial charge in [0, 0.05) is 25.2 Å². The lowest BCUT2D eigenvalue weighted by atomic mass is 10.1. The van der Waals surface area contributed by atoms with Gasteiger partial charge in [-0.2, -0.15) is 5.10 Å². The molecule has 0 aliphatic rings. The van der Waals surface area contributed by atoms with E-state index in [2.05, 4.69) is 35.6 Å². The fourth-order valence-corrected chi connectivity index (χ4v) is 4.15. The van der Waals surface area contributed by atoms with E-state index in [0.29, 0.717) is 0 Å². The number of benzene rings is 3. The number of esters is 4. The van der Waals surface area contributed by atoms with Crippen molar-refractivity contribution in [3.05, 3.63) is 82.9 Å². The predicted molar refractivity (Wildman–Crippen MR) is 181 cm³/mol. The molecule has 17 heteroatoms. The van der Waals surface area contributed by atoms with E-state index in [-0.39, 0.29) is 45.0 Å². The molecule has 17 nitrogen and oxygen atoms in total. The second kappa shape index (κ2) is 17.4. The number of nitrogens with one attached hydrogen (secondary N) is 3. The molecule has 0 aliphatic heterocycles. The van der Waals surface area contributed by atoms with Crippen LogP contribution in [0, 0.1) is 0 Å². The maximum atomic E-state index is 13.1. The van der Waals surface area contributed by atoms with Gasteiger partial charge in [-0.1, -0.05) is 0 Å². The van der Waals surface area contributed by atoms with Crippen molar-refractivity contribution in [2.24, 2.45) is 10.1 Å². The molecule has 3 aromatic carbocycles. The first-order valence-electron chi connectivity index (χ1n) is 14.5. The van der Waals surface area contributed by atoms with Crippen LogP contribution in [0.4, 0.5) is 22.7 Å². The van der Waals surface area contributed by atoms with Gasteiger partial charge in [-0.05, 0) is 60.7 Å². The summed E-state index contributed by atoms with van der Waals surface area (Å²) in [5.41, 5.74) is 1.25. The van der Waals surface area contributed by atoms with Gasteiger partial charge in [-0.3, -0.25) is 24.6 Å². The number of carbonyl (C=O) groups is 8.